The molecule has 44 heavy (non-hydrogen) atoms. The predicted molar refractivity (Wildman–Crippen MR) is 176 cm³/mol. The lowest BCUT2D eigenvalue weighted by molar-refractivity contribution is -0.146. The number of esters is 1. The third-order valence-corrected chi connectivity index (χ3v) is 11.9. The molecule has 1 aromatic carbocycles. The summed E-state index contributed by atoms with van der Waals surface area (Å²) in [6.07, 6.45) is 15.0. The van der Waals surface area contributed by atoms with Gasteiger partial charge in [0.05, 0.1) is 23.4 Å². The van der Waals surface area contributed by atoms with E-state index in [4.69, 9.17) is 4.74 Å². The van der Waals surface area contributed by atoms with Gasteiger partial charge in [-0.25, -0.2) is 9.36 Å². The summed E-state index contributed by atoms with van der Waals surface area (Å²) < 4.78 is 9.15. The molecule has 0 radical (unpaired) electrons. The Morgan fingerprint density at radius 2 is 1.73 bits per heavy atom. The van der Waals surface area contributed by atoms with Gasteiger partial charge in [-0.2, -0.15) is 0 Å². The van der Waals surface area contributed by atoms with Crippen LogP contribution in [0.5, 0.6) is 0 Å². The highest BCUT2D eigenvalue weighted by atomic mass is 16.5. The minimum atomic E-state index is -0.345. The van der Waals surface area contributed by atoms with Crippen molar-refractivity contribution >= 4 is 16.7 Å². The molecule has 2 saturated carbocycles. The molecule has 2 aromatic rings. The van der Waals surface area contributed by atoms with Crippen LogP contribution in [0.15, 0.2) is 68.8 Å². The maximum absolute atomic E-state index is 14.2. The molecule has 0 N–H and O–H groups in total. The third-order valence-electron chi connectivity index (χ3n) is 11.9. The summed E-state index contributed by atoms with van der Waals surface area (Å²) in [6.45, 7) is 13.7. The number of carbonyl (C=O) groups is 1. The molecular weight excluding hydrogens is 548 g/mol. The maximum atomic E-state index is 14.2. The van der Waals surface area contributed by atoms with Gasteiger partial charge in [0.1, 0.15) is 6.10 Å². The van der Waals surface area contributed by atoms with Gasteiger partial charge in [0.15, 0.2) is 0 Å². The fourth-order valence-electron chi connectivity index (χ4n) is 9.14. The van der Waals surface area contributed by atoms with Crippen LogP contribution in [0.1, 0.15) is 99.0 Å². The predicted octanol–water partition coefficient (Wildman–Crippen LogP) is 7.76. The molecule has 2 fully saturated rings. The average Bonchev–Trinajstić information content (AvgIpc) is 3.36. The van der Waals surface area contributed by atoms with E-state index >= 15 is 0 Å². The monoisotopic (exact) mass is 598 g/mol. The van der Waals surface area contributed by atoms with Crippen LogP contribution in [0.4, 0.5) is 0 Å². The lowest BCUT2D eigenvalue weighted by Crippen LogP contribution is -2.46. The molecule has 1 aliphatic heterocycles. The van der Waals surface area contributed by atoms with Crippen molar-refractivity contribution < 1.29 is 9.53 Å². The van der Waals surface area contributed by atoms with Gasteiger partial charge < -0.3 is 4.74 Å². The molecule has 6 nitrogen and oxygen atoms in total. The second-order valence-corrected chi connectivity index (χ2v) is 14.8. The minimum absolute atomic E-state index is 0.108. The van der Waals surface area contributed by atoms with Crippen molar-refractivity contribution in [2.24, 2.45) is 35.0 Å². The molecular formula is C38H50N2O4. The van der Waals surface area contributed by atoms with Gasteiger partial charge in [0, 0.05) is 13.3 Å². The van der Waals surface area contributed by atoms with Gasteiger partial charge in [-0.1, -0.05) is 70.6 Å². The van der Waals surface area contributed by atoms with E-state index in [1.165, 1.54) is 37.3 Å². The summed E-state index contributed by atoms with van der Waals surface area (Å²) >= 11 is 0. The number of hydrogen-bond donors (Lipinski definition) is 0. The summed E-state index contributed by atoms with van der Waals surface area (Å²) in [4.78, 5) is 39.9. The number of rotatable bonds is 6. The molecule has 0 spiro atoms. The van der Waals surface area contributed by atoms with Crippen molar-refractivity contribution in [1.29, 1.82) is 0 Å². The van der Waals surface area contributed by atoms with Crippen LogP contribution in [0.2, 0.25) is 0 Å². The molecule has 7 atom stereocenters. The molecule has 1 aromatic heterocycles. The zero-order chi connectivity index (χ0) is 31.3. The van der Waals surface area contributed by atoms with Gasteiger partial charge in [0.2, 0.25) is 0 Å². The fraction of sp³-hybridized carbons (Fsp3) is 0.605. The van der Waals surface area contributed by atoms with E-state index in [1.54, 1.807) is 21.5 Å². The van der Waals surface area contributed by atoms with Gasteiger partial charge in [-0.3, -0.25) is 14.4 Å². The van der Waals surface area contributed by atoms with Crippen molar-refractivity contribution in [2.75, 3.05) is 0 Å². The molecule has 0 unspecified atom stereocenters. The van der Waals surface area contributed by atoms with Crippen molar-refractivity contribution in [3.05, 3.63) is 79.9 Å². The summed E-state index contributed by atoms with van der Waals surface area (Å²) in [5, 5.41) is 0.953. The van der Waals surface area contributed by atoms with E-state index in [2.05, 4.69) is 52.8 Å². The highest BCUT2D eigenvalue weighted by Crippen LogP contribution is 2.60. The summed E-state index contributed by atoms with van der Waals surface area (Å²) in [7, 11) is 0. The topological polar surface area (TPSA) is 70.3 Å². The van der Waals surface area contributed by atoms with E-state index in [0.717, 1.165) is 31.3 Å². The second kappa shape index (κ2) is 12.0. The number of aromatic nitrogens is 2. The lowest BCUT2D eigenvalue weighted by atomic mass is 9.61. The Morgan fingerprint density at radius 1 is 1.00 bits per heavy atom. The normalized spacial score (nSPS) is 30.8. The largest absolute Gasteiger partial charge is 0.462 e. The van der Waals surface area contributed by atoms with E-state index in [1.807, 2.05) is 12.1 Å². The Balaban J connectivity index is 1.42. The summed E-state index contributed by atoms with van der Waals surface area (Å²) in [5.41, 5.74) is 3.80. The van der Waals surface area contributed by atoms with Crippen LogP contribution < -0.4 is 11.1 Å². The molecule has 0 saturated heterocycles. The fourth-order valence-corrected chi connectivity index (χ4v) is 9.14. The van der Waals surface area contributed by atoms with Crippen LogP contribution in [0, 0.1) is 35.0 Å². The van der Waals surface area contributed by atoms with Crippen LogP contribution >= 0.6 is 0 Å². The molecule has 236 valence electrons. The highest BCUT2D eigenvalue weighted by Gasteiger charge is 2.50. The average molecular weight is 599 g/mol. The quantitative estimate of drug-likeness (QED) is 0.252. The van der Waals surface area contributed by atoms with Crippen LogP contribution in [-0.2, 0) is 16.1 Å². The van der Waals surface area contributed by atoms with E-state index in [0.29, 0.717) is 53.3 Å². The number of allylic oxidation sites excluding steroid dienone is 5. The first-order valence-corrected chi connectivity index (χ1v) is 17.0. The first kappa shape index (κ1) is 30.9. The standard InChI is InChI=1S/C38H50N2O4/c1-23(2)24(3)13-14-25(4)33-17-18-34-27(10-9-19-38(33,34)6)20-35-32-21-29(44-26(5)41)16-15-28(32)22-39-36(42)30-11-7-8-12-31(30)37(43)40(35)39/h7-8,11-14,20,23-25,29,33-35H,9-10,15-19,21-22H2,1-6H3/b14-13+,27-20+/t24-,25+,29+,33+,34+,35+,38+/m0/s1. The first-order chi connectivity index (χ1) is 21.0. The van der Waals surface area contributed by atoms with Crippen molar-refractivity contribution in [1.82, 2.24) is 9.36 Å². The number of benzene rings is 1. The van der Waals surface area contributed by atoms with Gasteiger partial charge in [-0.05, 0) is 103 Å². The van der Waals surface area contributed by atoms with Crippen LogP contribution in [0.25, 0.3) is 10.8 Å². The molecule has 6 heteroatoms. The van der Waals surface area contributed by atoms with E-state index in [-0.39, 0.29) is 34.6 Å². The Hall–Kier alpha value is -3.15. The molecule has 2 heterocycles. The highest BCUT2D eigenvalue weighted by molar-refractivity contribution is 5.80. The lowest BCUT2D eigenvalue weighted by Gasteiger charge is -2.45. The van der Waals surface area contributed by atoms with Gasteiger partial charge >= 0.3 is 5.97 Å². The zero-order valence-corrected chi connectivity index (χ0v) is 27.5. The maximum Gasteiger partial charge on any atom is 0.302 e. The van der Waals surface area contributed by atoms with Crippen molar-refractivity contribution in [3.63, 3.8) is 0 Å². The zero-order valence-electron chi connectivity index (χ0n) is 27.5. The van der Waals surface area contributed by atoms with Crippen molar-refractivity contribution in [2.45, 2.75) is 112 Å². The van der Waals surface area contributed by atoms with Gasteiger partial charge in [0.25, 0.3) is 11.1 Å². The number of nitrogens with zero attached hydrogens (tertiary/aromatic N) is 2. The Morgan fingerprint density at radius 3 is 2.43 bits per heavy atom. The smallest absolute Gasteiger partial charge is 0.302 e. The molecule has 3 aliphatic carbocycles. The van der Waals surface area contributed by atoms with E-state index < -0.39 is 0 Å². The summed E-state index contributed by atoms with van der Waals surface area (Å²) in [6, 6.07) is 6.86. The van der Waals surface area contributed by atoms with Crippen LogP contribution in [-0.4, -0.2) is 21.4 Å². The third kappa shape index (κ3) is 5.37. The Bertz CT molecular complexity index is 1650. The number of hydrogen-bond acceptors (Lipinski definition) is 4. The number of carbonyl (C=O) groups excluding carboxylic acids is 1. The Kier molecular flexibility index (Phi) is 8.40. The minimum Gasteiger partial charge on any atom is -0.462 e. The second-order valence-electron chi connectivity index (χ2n) is 14.8. The molecule has 6 rings (SSSR count). The molecule has 0 amide bonds. The van der Waals surface area contributed by atoms with Crippen LogP contribution in [0.3, 0.4) is 0 Å². The number of ether oxygens (including phenoxy) is 1. The Labute approximate surface area is 261 Å². The summed E-state index contributed by atoms with van der Waals surface area (Å²) in [5.74, 6) is 2.55. The van der Waals surface area contributed by atoms with E-state index in [9.17, 15) is 14.4 Å². The van der Waals surface area contributed by atoms with Crippen molar-refractivity contribution in [3.8, 4) is 0 Å². The first-order valence-electron chi connectivity index (χ1n) is 17.0. The molecule has 0 bridgehead atoms. The number of fused-ring (bicyclic) bond motifs is 3. The SMILES string of the molecule is CC(=O)O[C@@H]1CCC2=C(C1)[C@@H](/C=C1\CCC[C@@]3(C)[C@@H]1CC[C@@H]3[C@H](C)/C=C/[C@H](C)C(C)C)n1c(=O)c3ccccc3c(=O)n1C2. The molecule has 4 aliphatic rings. The van der Waals surface area contributed by atoms with Gasteiger partial charge in [-0.15, -0.1) is 0 Å².